The summed E-state index contributed by atoms with van der Waals surface area (Å²) < 4.78 is 1.68. The molecule has 30 heavy (non-hydrogen) atoms. The van der Waals surface area contributed by atoms with Gasteiger partial charge in [-0.3, -0.25) is 9.69 Å². The van der Waals surface area contributed by atoms with Gasteiger partial charge in [-0.2, -0.15) is 4.68 Å². The van der Waals surface area contributed by atoms with Crippen LogP contribution in [0.15, 0.2) is 59.8 Å². The van der Waals surface area contributed by atoms with Crippen LogP contribution in [0.3, 0.4) is 0 Å². The molecule has 1 fully saturated rings. The van der Waals surface area contributed by atoms with Crippen molar-refractivity contribution in [3.8, 4) is 5.69 Å². The lowest BCUT2D eigenvalue weighted by molar-refractivity contribution is -0.120. The van der Waals surface area contributed by atoms with Crippen LogP contribution in [-0.4, -0.2) is 55.4 Å². The van der Waals surface area contributed by atoms with Gasteiger partial charge in [-0.25, -0.2) is 0 Å². The molecule has 8 heteroatoms. The maximum Gasteiger partial charge on any atom is 0.233 e. The van der Waals surface area contributed by atoms with Crippen LogP contribution in [0.2, 0.25) is 0 Å². The fourth-order valence-corrected chi connectivity index (χ4v) is 4.46. The first-order chi connectivity index (χ1) is 14.6. The molecule has 2 heterocycles. The SMILES string of the molecule is Cc1cccc(-n2nnnc2SC(C)C(=O)NC2CCN(Cc3ccccc3)C2)c1. The zero-order valence-corrected chi connectivity index (χ0v) is 18.0. The van der Waals surface area contributed by atoms with Crippen LogP contribution < -0.4 is 5.32 Å². The standard InChI is InChI=1S/C22H26N6OS/c1-16-7-6-10-20(13-16)28-22(24-25-26-28)30-17(2)21(29)23-19-11-12-27(15-19)14-18-8-4-3-5-9-18/h3-10,13,17,19H,11-12,14-15H2,1-2H3,(H,23,29). The molecule has 2 aromatic carbocycles. The smallest absolute Gasteiger partial charge is 0.233 e. The van der Waals surface area contributed by atoms with Crippen LogP contribution in [0, 0.1) is 6.92 Å². The van der Waals surface area contributed by atoms with Crippen molar-refractivity contribution in [1.29, 1.82) is 0 Å². The van der Waals surface area contributed by atoms with E-state index >= 15 is 0 Å². The molecule has 2 unspecified atom stereocenters. The number of aryl methyl sites for hydroxylation is 1. The Balaban J connectivity index is 1.31. The minimum absolute atomic E-state index is 0.0188. The molecule has 1 aliphatic heterocycles. The predicted octanol–water partition coefficient (Wildman–Crippen LogP) is 2.84. The molecule has 0 spiro atoms. The Kier molecular flexibility index (Phi) is 6.44. The molecular weight excluding hydrogens is 396 g/mol. The summed E-state index contributed by atoms with van der Waals surface area (Å²) in [6, 6.07) is 18.6. The molecule has 1 amide bonds. The largest absolute Gasteiger partial charge is 0.351 e. The van der Waals surface area contributed by atoms with Crippen LogP contribution in [0.25, 0.3) is 5.69 Å². The molecule has 7 nitrogen and oxygen atoms in total. The van der Waals surface area contributed by atoms with Crippen molar-refractivity contribution in [3.63, 3.8) is 0 Å². The number of amides is 1. The van der Waals surface area contributed by atoms with Gasteiger partial charge in [0.2, 0.25) is 11.1 Å². The highest BCUT2D eigenvalue weighted by Crippen LogP contribution is 2.24. The summed E-state index contributed by atoms with van der Waals surface area (Å²) in [7, 11) is 0. The predicted molar refractivity (Wildman–Crippen MR) is 117 cm³/mol. The van der Waals surface area contributed by atoms with E-state index in [9.17, 15) is 4.79 Å². The highest BCUT2D eigenvalue weighted by Gasteiger charge is 2.26. The molecule has 0 bridgehead atoms. The van der Waals surface area contributed by atoms with Gasteiger partial charge in [0.05, 0.1) is 10.9 Å². The highest BCUT2D eigenvalue weighted by atomic mass is 32.2. The topological polar surface area (TPSA) is 75.9 Å². The van der Waals surface area contributed by atoms with Crippen molar-refractivity contribution >= 4 is 17.7 Å². The number of carbonyl (C=O) groups is 1. The number of nitrogens with one attached hydrogen (secondary N) is 1. The van der Waals surface area contributed by atoms with Gasteiger partial charge >= 0.3 is 0 Å². The molecule has 1 N–H and O–H groups in total. The first-order valence-electron chi connectivity index (χ1n) is 10.2. The maximum absolute atomic E-state index is 12.8. The minimum atomic E-state index is -0.289. The summed E-state index contributed by atoms with van der Waals surface area (Å²) in [6.07, 6.45) is 0.969. The molecule has 1 saturated heterocycles. The molecule has 1 aliphatic rings. The number of rotatable bonds is 7. The van der Waals surface area contributed by atoms with Crippen LogP contribution in [0.4, 0.5) is 0 Å². The third-order valence-electron chi connectivity index (χ3n) is 5.21. The lowest BCUT2D eigenvalue weighted by Gasteiger charge is -2.18. The average molecular weight is 423 g/mol. The van der Waals surface area contributed by atoms with E-state index in [4.69, 9.17) is 0 Å². The minimum Gasteiger partial charge on any atom is -0.351 e. The highest BCUT2D eigenvalue weighted by molar-refractivity contribution is 8.00. The van der Waals surface area contributed by atoms with Gasteiger partial charge in [0.15, 0.2) is 0 Å². The Bertz CT molecular complexity index is 992. The summed E-state index contributed by atoms with van der Waals surface area (Å²) in [5.41, 5.74) is 3.32. The summed E-state index contributed by atoms with van der Waals surface area (Å²) in [5, 5.41) is 15.5. The number of benzene rings is 2. The number of likely N-dealkylation sites (tertiary alicyclic amines) is 1. The molecule has 3 aromatic rings. The second kappa shape index (κ2) is 9.40. The van der Waals surface area contributed by atoms with Crippen LogP contribution >= 0.6 is 11.8 Å². The number of tetrazole rings is 1. The maximum atomic E-state index is 12.8. The van der Waals surface area contributed by atoms with Crippen LogP contribution in [0.1, 0.15) is 24.5 Å². The Labute approximate surface area is 180 Å². The first kappa shape index (κ1) is 20.6. The van der Waals surface area contributed by atoms with Gasteiger partial charge in [0.1, 0.15) is 0 Å². The third kappa shape index (κ3) is 5.06. The van der Waals surface area contributed by atoms with Gasteiger partial charge < -0.3 is 5.32 Å². The number of hydrogen-bond acceptors (Lipinski definition) is 6. The summed E-state index contributed by atoms with van der Waals surface area (Å²) in [6.45, 7) is 6.71. The fourth-order valence-electron chi connectivity index (χ4n) is 3.64. The average Bonchev–Trinajstić information content (AvgIpc) is 3.38. The van der Waals surface area contributed by atoms with Gasteiger partial charge in [-0.1, -0.05) is 54.2 Å². The molecule has 2 atom stereocenters. The quantitative estimate of drug-likeness (QED) is 0.590. The Morgan fingerprint density at radius 2 is 2.07 bits per heavy atom. The van der Waals surface area contributed by atoms with Gasteiger partial charge in [-0.05, 0) is 54.0 Å². The Morgan fingerprint density at radius 1 is 1.23 bits per heavy atom. The van der Waals surface area contributed by atoms with Crippen molar-refractivity contribution in [1.82, 2.24) is 30.4 Å². The van der Waals surface area contributed by atoms with Gasteiger partial charge in [0, 0.05) is 25.7 Å². The van der Waals surface area contributed by atoms with Gasteiger partial charge in [0.25, 0.3) is 0 Å². The lowest BCUT2D eigenvalue weighted by atomic mass is 10.2. The van der Waals surface area contributed by atoms with E-state index in [1.54, 1.807) is 4.68 Å². The molecule has 0 aliphatic carbocycles. The summed E-state index contributed by atoms with van der Waals surface area (Å²) in [4.78, 5) is 15.1. The van der Waals surface area contributed by atoms with Gasteiger partial charge in [-0.15, -0.1) is 5.10 Å². The molecule has 1 aromatic heterocycles. The van der Waals surface area contributed by atoms with Crippen LogP contribution in [0.5, 0.6) is 0 Å². The fraction of sp³-hybridized carbons (Fsp3) is 0.364. The van der Waals surface area contributed by atoms with E-state index in [-0.39, 0.29) is 17.2 Å². The van der Waals surface area contributed by atoms with Crippen molar-refractivity contribution < 1.29 is 4.79 Å². The van der Waals surface area contributed by atoms with Crippen molar-refractivity contribution in [2.24, 2.45) is 0 Å². The molecule has 4 rings (SSSR count). The zero-order valence-electron chi connectivity index (χ0n) is 17.2. The van der Waals surface area contributed by atoms with E-state index in [1.807, 2.05) is 44.2 Å². The van der Waals surface area contributed by atoms with E-state index in [1.165, 1.54) is 17.3 Å². The van der Waals surface area contributed by atoms with Crippen molar-refractivity contribution in [2.45, 2.75) is 43.3 Å². The second-order valence-corrected chi connectivity index (χ2v) is 9.00. The number of thioether (sulfide) groups is 1. The monoisotopic (exact) mass is 422 g/mol. The molecule has 0 saturated carbocycles. The van der Waals surface area contributed by atoms with Crippen molar-refractivity contribution in [3.05, 3.63) is 65.7 Å². The molecule has 156 valence electrons. The Morgan fingerprint density at radius 3 is 2.87 bits per heavy atom. The van der Waals surface area contributed by atoms with E-state index in [0.717, 1.165) is 37.3 Å². The van der Waals surface area contributed by atoms with E-state index in [2.05, 4.69) is 50.0 Å². The van der Waals surface area contributed by atoms with E-state index in [0.29, 0.717) is 5.16 Å². The van der Waals surface area contributed by atoms with Crippen molar-refractivity contribution in [2.75, 3.05) is 13.1 Å². The number of nitrogens with zero attached hydrogens (tertiary/aromatic N) is 5. The number of hydrogen-bond donors (Lipinski definition) is 1. The Hall–Kier alpha value is -2.71. The first-order valence-corrected chi connectivity index (χ1v) is 11.0. The zero-order chi connectivity index (χ0) is 20.9. The lowest BCUT2D eigenvalue weighted by Crippen LogP contribution is -2.40. The normalized spacial score (nSPS) is 17.7. The third-order valence-corrected chi connectivity index (χ3v) is 6.24. The number of carbonyl (C=O) groups excluding carboxylic acids is 1. The van der Waals surface area contributed by atoms with Crippen LogP contribution in [-0.2, 0) is 11.3 Å². The number of aromatic nitrogens is 4. The summed E-state index contributed by atoms with van der Waals surface area (Å²) >= 11 is 1.37. The molecular formula is C22H26N6OS. The summed E-state index contributed by atoms with van der Waals surface area (Å²) in [5.74, 6) is 0.0188. The molecule has 0 radical (unpaired) electrons. The second-order valence-electron chi connectivity index (χ2n) is 7.69. The van der Waals surface area contributed by atoms with E-state index < -0.39 is 0 Å².